The number of carbonyl (C=O) groups excluding carboxylic acids is 1. The first-order valence-electron chi connectivity index (χ1n) is 5.70. The van der Waals surface area contributed by atoms with E-state index in [1.807, 2.05) is 32.9 Å². The van der Waals surface area contributed by atoms with Gasteiger partial charge in [0.2, 0.25) is 0 Å². The van der Waals surface area contributed by atoms with Gasteiger partial charge < -0.3 is 0 Å². The molecule has 0 N–H and O–H groups in total. The summed E-state index contributed by atoms with van der Waals surface area (Å²) in [5.74, 6) is 0.0254. The van der Waals surface area contributed by atoms with Crippen LogP contribution in [0.1, 0.15) is 31.5 Å². The number of nitrogens with zero attached hydrogens (tertiary/aromatic N) is 1. The van der Waals surface area contributed by atoms with E-state index in [4.69, 9.17) is 11.6 Å². The van der Waals surface area contributed by atoms with Crippen LogP contribution in [0.3, 0.4) is 0 Å². The monoisotopic (exact) mass is 279 g/mol. The highest BCUT2D eigenvalue weighted by molar-refractivity contribution is 7.11. The van der Waals surface area contributed by atoms with Crippen LogP contribution in [0.4, 0.5) is 0 Å². The summed E-state index contributed by atoms with van der Waals surface area (Å²) >= 11 is 7.73. The summed E-state index contributed by atoms with van der Waals surface area (Å²) in [6, 6.07) is 5.52. The molecule has 2 aromatic rings. The number of rotatable bonds is 3. The van der Waals surface area contributed by atoms with Crippen molar-refractivity contribution in [3.05, 3.63) is 49.9 Å². The van der Waals surface area contributed by atoms with Crippen molar-refractivity contribution >= 4 is 28.7 Å². The molecule has 0 unspecified atom stereocenters. The van der Waals surface area contributed by atoms with Crippen molar-refractivity contribution in [2.75, 3.05) is 0 Å². The number of hydrogen-bond donors (Lipinski definition) is 0. The molecule has 0 amide bonds. The first kappa shape index (κ1) is 13.2. The third-order valence-corrected chi connectivity index (χ3v) is 4.45. The zero-order valence-corrected chi connectivity index (χ0v) is 12.2. The summed E-state index contributed by atoms with van der Waals surface area (Å²) in [4.78, 5) is 17.7. The van der Waals surface area contributed by atoms with Gasteiger partial charge >= 0.3 is 0 Å². The van der Waals surface area contributed by atoms with Crippen LogP contribution >= 0.6 is 22.9 Å². The number of hydrogen-bond acceptors (Lipinski definition) is 3. The molecule has 18 heavy (non-hydrogen) atoms. The normalized spacial score (nSPS) is 10.7. The molecule has 0 aliphatic heterocycles. The van der Waals surface area contributed by atoms with Crippen LogP contribution in [-0.4, -0.2) is 10.8 Å². The Morgan fingerprint density at radius 3 is 2.67 bits per heavy atom. The fraction of sp³-hybridized carbons (Fsp3) is 0.286. The average Bonchev–Trinajstić information content (AvgIpc) is 2.61. The maximum atomic E-state index is 12.2. The van der Waals surface area contributed by atoms with Crippen LogP contribution in [0.5, 0.6) is 0 Å². The molecule has 1 aromatic heterocycles. The van der Waals surface area contributed by atoms with Gasteiger partial charge in [-0.3, -0.25) is 4.79 Å². The predicted octanol–water partition coefficient (Wildman–Crippen LogP) is 4.15. The molecule has 1 aromatic carbocycles. The van der Waals surface area contributed by atoms with E-state index >= 15 is 0 Å². The molecule has 0 aliphatic rings. The zero-order valence-electron chi connectivity index (χ0n) is 10.6. The van der Waals surface area contributed by atoms with Crippen LogP contribution < -0.4 is 0 Å². The predicted molar refractivity (Wildman–Crippen MR) is 75.8 cm³/mol. The smallest absolute Gasteiger partial charge is 0.171 e. The molecule has 0 aliphatic carbocycles. The molecule has 1 heterocycles. The molecule has 2 rings (SSSR count). The van der Waals surface area contributed by atoms with Crippen LogP contribution in [0.2, 0.25) is 5.02 Å². The van der Waals surface area contributed by atoms with Gasteiger partial charge in [0, 0.05) is 10.4 Å². The Morgan fingerprint density at radius 2 is 2.06 bits per heavy atom. The van der Waals surface area contributed by atoms with E-state index in [0.717, 1.165) is 21.1 Å². The minimum Gasteiger partial charge on any atom is -0.294 e. The SMILES string of the molecule is Cc1cccc(C(=O)Cc2nc(C)c(C)s2)c1Cl. The van der Waals surface area contributed by atoms with Gasteiger partial charge in [0.25, 0.3) is 0 Å². The summed E-state index contributed by atoms with van der Waals surface area (Å²) in [5.41, 5.74) is 2.51. The third kappa shape index (κ3) is 2.62. The maximum absolute atomic E-state index is 12.2. The number of Topliss-reactive ketones (excluding diaryl/α,β-unsaturated/α-hetero) is 1. The molecular weight excluding hydrogens is 266 g/mol. The van der Waals surface area contributed by atoms with Crippen molar-refractivity contribution in [3.63, 3.8) is 0 Å². The minimum atomic E-state index is 0.0254. The lowest BCUT2D eigenvalue weighted by molar-refractivity contribution is 0.0993. The van der Waals surface area contributed by atoms with E-state index in [1.54, 1.807) is 17.4 Å². The van der Waals surface area contributed by atoms with Gasteiger partial charge in [-0.25, -0.2) is 4.98 Å². The van der Waals surface area contributed by atoms with Crippen molar-refractivity contribution in [1.29, 1.82) is 0 Å². The van der Waals surface area contributed by atoms with E-state index in [0.29, 0.717) is 17.0 Å². The van der Waals surface area contributed by atoms with Gasteiger partial charge in [-0.1, -0.05) is 23.7 Å². The fourth-order valence-corrected chi connectivity index (χ4v) is 2.87. The van der Waals surface area contributed by atoms with E-state index in [1.165, 1.54) is 0 Å². The molecule has 0 radical (unpaired) electrons. The molecule has 0 fully saturated rings. The summed E-state index contributed by atoms with van der Waals surface area (Å²) in [5, 5.41) is 1.40. The molecular formula is C14H14ClNOS. The quantitative estimate of drug-likeness (QED) is 0.790. The standard InChI is InChI=1S/C14H14ClNOS/c1-8-5-4-6-11(14(8)15)12(17)7-13-16-9(2)10(3)18-13/h4-6H,7H2,1-3H3. The molecule has 0 atom stereocenters. The Morgan fingerprint density at radius 1 is 1.33 bits per heavy atom. The first-order valence-corrected chi connectivity index (χ1v) is 6.89. The number of carbonyl (C=O) groups is 1. The number of ketones is 1. The third-order valence-electron chi connectivity index (χ3n) is 2.88. The number of aryl methyl sites for hydroxylation is 3. The molecule has 0 saturated carbocycles. The van der Waals surface area contributed by atoms with E-state index in [9.17, 15) is 4.79 Å². The molecule has 0 bridgehead atoms. The van der Waals surface area contributed by atoms with E-state index < -0.39 is 0 Å². The number of thiazole rings is 1. The van der Waals surface area contributed by atoms with Crippen LogP contribution in [0.15, 0.2) is 18.2 Å². The summed E-state index contributed by atoms with van der Waals surface area (Å²) in [7, 11) is 0. The molecule has 4 heteroatoms. The summed E-state index contributed by atoms with van der Waals surface area (Å²) in [6.45, 7) is 5.87. The van der Waals surface area contributed by atoms with Crippen molar-refractivity contribution < 1.29 is 4.79 Å². The molecule has 2 nitrogen and oxygen atoms in total. The zero-order chi connectivity index (χ0) is 13.3. The van der Waals surface area contributed by atoms with E-state index in [2.05, 4.69) is 4.98 Å². The van der Waals surface area contributed by atoms with Crippen LogP contribution in [-0.2, 0) is 6.42 Å². The van der Waals surface area contributed by atoms with E-state index in [-0.39, 0.29) is 5.78 Å². The van der Waals surface area contributed by atoms with Crippen molar-refractivity contribution in [2.45, 2.75) is 27.2 Å². The number of halogens is 1. The highest BCUT2D eigenvalue weighted by Gasteiger charge is 2.14. The second kappa shape index (κ2) is 5.21. The Kier molecular flexibility index (Phi) is 3.83. The molecule has 94 valence electrons. The number of benzene rings is 1. The Labute approximate surface area is 116 Å². The second-order valence-corrected chi connectivity index (χ2v) is 5.95. The highest BCUT2D eigenvalue weighted by Crippen LogP contribution is 2.23. The lowest BCUT2D eigenvalue weighted by atomic mass is 10.1. The molecule has 0 saturated heterocycles. The van der Waals surface area contributed by atoms with Gasteiger partial charge in [0.1, 0.15) is 5.01 Å². The summed E-state index contributed by atoms with van der Waals surface area (Å²) < 4.78 is 0. The highest BCUT2D eigenvalue weighted by atomic mass is 35.5. The van der Waals surface area contributed by atoms with Crippen LogP contribution in [0.25, 0.3) is 0 Å². The van der Waals surface area contributed by atoms with Gasteiger partial charge in [-0.05, 0) is 32.4 Å². The van der Waals surface area contributed by atoms with Crippen LogP contribution in [0, 0.1) is 20.8 Å². The van der Waals surface area contributed by atoms with Gasteiger partial charge in [0.15, 0.2) is 5.78 Å². The van der Waals surface area contributed by atoms with Crippen molar-refractivity contribution in [1.82, 2.24) is 4.98 Å². The lowest BCUT2D eigenvalue weighted by Gasteiger charge is -2.04. The van der Waals surface area contributed by atoms with Crippen molar-refractivity contribution in [2.24, 2.45) is 0 Å². The number of aromatic nitrogens is 1. The summed E-state index contributed by atoms with van der Waals surface area (Å²) in [6.07, 6.45) is 0.322. The Balaban J connectivity index is 2.24. The topological polar surface area (TPSA) is 30.0 Å². The Hall–Kier alpha value is -1.19. The molecule has 0 spiro atoms. The van der Waals surface area contributed by atoms with Crippen molar-refractivity contribution in [3.8, 4) is 0 Å². The largest absolute Gasteiger partial charge is 0.294 e. The Bertz CT molecular complexity index is 584. The van der Waals surface area contributed by atoms with Gasteiger partial charge in [-0.15, -0.1) is 11.3 Å². The fourth-order valence-electron chi connectivity index (χ4n) is 1.71. The maximum Gasteiger partial charge on any atom is 0.171 e. The average molecular weight is 280 g/mol. The van der Waals surface area contributed by atoms with Gasteiger partial charge in [-0.2, -0.15) is 0 Å². The van der Waals surface area contributed by atoms with Gasteiger partial charge in [0.05, 0.1) is 17.1 Å². The first-order chi connectivity index (χ1) is 8.49. The lowest BCUT2D eigenvalue weighted by Crippen LogP contribution is -2.04. The second-order valence-electron chi connectivity index (χ2n) is 4.29. The minimum absolute atomic E-state index is 0.0254.